The van der Waals surface area contributed by atoms with Gasteiger partial charge in [-0.3, -0.25) is 4.79 Å². The molecule has 0 spiro atoms. The second-order valence-corrected chi connectivity index (χ2v) is 5.45. The van der Waals surface area contributed by atoms with Gasteiger partial charge in [-0.15, -0.1) is 0 Å². The van der Waals surface area contributed by atoms with Crippen LogP contribution in [0.2, 0.25) is 0 Å². The van der Waals surface area contributed by atoms with Crippen molar-refractivity contribution >= 4 is 17.7 Å². The number of hydrogen-bond acceptors (Lipinski definition) is 4. The molecular formula is C12H20N2O2S. The summed E-state index contributed by atoms with van der Waals surface area (Å²) >= 11 is 1.76. The molecule has 0 bridgehead atoms. The highest BCUT2D eigenvalue weighted by Crippen LogP contribution is 2.30. The van der Waals surface area contributed by atoms with Crippen LogP contribution in [0, 0.1) is 16.7 Å². The third-order valence-electron chi connectivity index (χ3n) is 3.13. The van der Waals surface area contributed by atoms with Crippen LogP contribution in [-0.2, 0) is 9.53 Å². The summed E-state index contributed by atoms with van der Waals surface area (Å²) in [5, 5.41) is 12.2. The lowest BCUT2D eigenvalue weighted by molar-refractivity contribution is -0.133. The number of hydrogen-bond donors (Lipinski definition) is 1. The zero-order valence-corrected chi connectivity index (χ0v) is 11.3. The number of amides is 1. The summed E-state index contributed by atoms with van der Waals surface area (Å²) in [6, 6.07) is 2.31. The largest absolute Gasteiger partial charge is 0.381 e. The molecule has 0 aromatic heterocycles. The maximum Gasteiger partial charge on any atom is 0.240 e. The van der Waals surface area contributed by atoms with Gasteiger partial charge in [0.05, 0.1) is 6.07 Å². The molecule has 5 heteroatoms. The van der Waals surface area contributed by atoms with Crippen LogP contribution in [0.25, 0.3) is 0 Å². The number of ether oxygens (including phenoxy) is 1. The molecule has 0 aromatic carbocycles. The quantitative estimate of drug-likeness (QED) is 0.811. The molecule has 0 aromatic rings. The fourth-order valence-corrected chi connectivity index (χ4v) is 2.43. The normalized spacial score (nSPS) is 20.3. The highest BCUT2D eigenvalue weighted by Gasteiger charge is 2.40. The minimum atomic E-state index is -0.869. The summed E-state index contributed by atoms with van der Waals surface area (Å²) in [7, 11) is 0. The van der Waals surface area contributed by atoms with E-state index in [2.05, 4.69) is 11.4 Å². The third kappa shape index (κ3) is 3.90. The smallest absolute Gasteiger partial charge is 0.240 e. The van der Waals surface area contributed by atoms with Crippen LogP contribution in [0.1, 0.15) is 26.2 Å². The summed E-state index contributed by atoms with van der Waals surface area (Å²) < 4.78 is 5.21. The molecule has 1 unspecified atom stereocenters. The number of carbonyl (C=O) groups excluding carboxylic acids is 1. The van der Waals surface area contributed by atoms with E-state index in [-0.39, 0.29) is 11.9 Å². The second-order valence-electron chi connectivity index (χ2n) is 4.46. The van der Waals surface area contributed by atoms with Crippen molar-refractivity contribution in [1.82, 2.24) is 5.32 Å². The Morgan fingerprint density at radius 2 is 2.24 bits per heavy atom. The zero-order chi connectivity index (χ0) is 12.7. The van der Waals surface area contributed by atoms with Crippen molar-refractivity contribution in [2.45, 2.75) is 32.2 Å². The average Bonchev–Trinajstić information content (AvgIpc) is 2.37. The Balaban J connectivity index is 2.52. The molecule has 17 heavy (non-hydrogen) atoms. The number of thioether (sulfide) groups is 1. The van der Waals surface area contributed by atoms with E-state index in [0.29, 0.717) is 26.1 Å². The zero-order valence-electron chi connectivity index (χ0n) is 10.5. The predicted octanol–water partition coefficient (Wildman–Crippen LogP) is 1.56. The monoisotopic (exact) mass is 256 g/mol. The molecule has 1 amide bonds. The molecule has 0 aliphatic carbocycles. The molecule has 1 N–H and O–H groups in total. The molecule has 1 atom stereocenters. The van der Waals surface area contributed by atoms with Gasteiger partial charge in [0.25, 0.3) is 0 Å². The highest BCUT2D eigenvalue weighted by molar-refractivity contribution is 7.98. The molecular weight excluding hydrogens is 236 g/mol. The van der Waals surface area contributed by atoms with E-state index in [0.717, 1.165) is 12.2 Å². The Bertz CT molecular complexity index is 295. The fraction of sp³-hybridized carbons (Fsp3) is 0.833. The molecule has 4 nitrogen and oxygen atoms in total. The first-order chi connectivity index (χ1) is 8.14. The van der Waals surface area contributed by atoms with Crippen molar-refractivity contribution < 1.29 is 9.53 Å². The number of nitrogens with one attached hydrogen (secondary N) is 1. The van der Waals surface area contributed by atoms with Crippen LogP contribution >= 0.6 is 11.8 Å². The van der Waals surface area contributed by atoms with Gasteiger partial charge in [-0.2, -0.15) is 17.0 Å². The van der Waals surface area contributed by atoms with Crippen molar-refractivity contribution in [1.29, 1.82) is 5.26 Å². The molecule has 1 aliphatic rings. The Morgan fingerprint density at radius 1 is 1.59 bits per heavy atom. The van der Waals surface area contributed by atoms with Crippen LogP contribution in [0.3, 0.4) is 0 Å². The van der Waals surface area contributed by atoms with Crippen LogP contribution in [0.4, 0.5) is 0 Å². The van der Waals surface area contributed by atoms with E-state index in [1.54, 1.807) is 11.8 Å². The van der Waals surface area contributed by atoms with Crippen LogP contribution in [0.5, 0.6) is 0 Å². The fourth-order valence-electron chi connectivity index (χ4n) is 1.84. The second kappa shape index (κ2) is 6.87. The van der Waals surface area contributed by atoms with Gasteiger partial charge in [-0.25, -0.2) is 0 Å². The van der Waals surface area contributed by atoms with Gasteiger partial charge >= 0.3 is 0 Å². The van der Waals surface area contributed by atoms with Gasteiger partial charge in [0.15, 0.2) is 0 Å². The lowest BCUT2D eigenvalue weighted by Crippen LogP contribution is -2.46. The number of nitriles is 1. The van der Waals surface area contributed by atoms with Crippen molar-refractivity contribution in [3.63, 3.8) is 0 Å². The van der Waals surface area contributed by atoms with Gasteiger partial charge in [0.2, 0.25) is 5.91 Å². The number of nitrogens with zero attached hydrogens (tertiary/aromatic N) is 1. The molecule has 1 fully saturated rings. The van der Waals surface area contributed by atoms with Crippen LogP contribution in [0.15, 0.2) is 0 Å². The number of rotatable bonds is 5. The Labute approximate surface area is 107 Å². The van der Waals surface area contributed by atoms with Crippen molar-refractivity contribution in [3.8, 4) is 6.07 Å². The Kier molecular flexibility index (Phi) is 5.79. The van der Waals surface area contributed by atoms with Gasteiger partial charge in [0.1, 0.15) is 5.41 Å². The molecule has 1 saturated heterocycles. The molecule has 96 valence electrons. The minimum Gasteiger partial charge on any atom is -0.381 e. The van der Waals surface area contributed by atoms with E-state index in [9.17, 15) is 10.1 Å². The summed E-state index contributed by atoms with van der Waals surface area (Å²) in [4.78, 5) is 12.1. The number of carbonyl (C=O) groups is 1. The third-order valence-corrected chi connectivity index (χ3v) is 3.77. The minimum absolute atomic E-state index is 0.128. The molecule has 0 saturated carbocycles. The predicted molar refractivity (Wildman–Crippen MR) is 68.7 cm³/mol. The topological polar surface area (TPSA) is 62.1 Å². The first-order valence-corrected chi connectivity index (χ1v) is 7.33. The maximum absolute atomic E-state index is 12.1. The summed E-state index contributed by atoms with van der Waals surface area (Å²) in [6.45, 7) is 2.98. The summed E-state index contributed by atoms with van der Waals surface area (Å²) in [5.41, 5.74) is -0.869. The van der Waals surface area contributed by atoms with E-state index in [4.69, 9.17) is 4.74 Å². The highest BCUT2D eigenvalue weighted by atomic mass is 32.2. The molecule has 0 radical (unpaired) electrons. The SMILES string of the molecule is CSCCC(C)NC(=O)C1(C#N)CCOCC1. The average molecular weight is 256 g/mol. The van der Waals surface area contributed by atoms with E-state index in [1.165, 1.54) is 0 Å². The van der Waals surface area contributed by atoms with Gasteiger partial charge in [-0.1, -0.05) is 0 Å². The first-order valence-electron chi connectivity index (χ1n) is 5.93. The molecule has 1 rings (SSSR count). The summed E-state index contributed by atoms with van der Waals surface area (Å²) in [6.07, 6.45) is 3.99. The lowest BCUT2D eigenvalue weighted by Gasteiger charge is -2.30. The van der Waals surface area contributed by atoms with E-state index >= 15 is 0 Å². The van der Waals surface area contributed by atoms with E-state index < -0.39 is 5.41 Å². The molecule has 1 aliphatic heterocycles. The first kappa shape index (κ1) is 14.3. The van der Waals surface area contributed by atoms with Gasteiger partial charge < -0.3 is 10.1 Å². The Morgan fingerprint density at radius 3 is 2.76 bits per heavy atom. The maximum atomic E-state index is 12.1. The van der Waals surface area contributed by atoms with Gasteiger partial charge in [-0.05, 0) is 38.2 Å². The standard InChI is InChI=1S/C12H20N2O2S/c1-10(3-8-17-2)14-11(15)12(9-13)4-6-16-7-5-12/h10H,3-8H2,1-2H3,(H,14,15). The van der Waals surface area contributed by atoms with Crippen LogP contribution in [-0.4, -0.2) is 37.2 Å². The Hall–Kier alpha value is -0.730. The van der Waals surface area contributed by atoms with Crippen molar-refractivity contribution in [3.05, 3.63) is 0 Å². The van der Waals surface area contributed by atoms with E-state index in [1.807, 2.05) is 13.2 Å². The lowest BCUT2D eigenvalue weighted by atomic mass is 9.80. The van der Waals surface area contributed by atoms with Gasteiger partial charge in [0, 0.05) is 19.3 Å². The van der Waals surface area contributed by atoms with Crippen molar-refractivity contribution in [2.75, 3.05) is 25.2 Å². The molecule has 1 heterocycles. The van der Waals surface area contributed by atoms with Crippen LogP contribution < -0.4 is 5.32 Å². The van der Waals surface area contributed by atoms with Crippen molar-refractivity contribution in [2.24, 2.45) is 5.41 Å². The summed E-state index contributed by atoms with van der Waals surface area (Å²) in [5.74, 6) is 0.890.